The first-order valence-corrected chi connectivity index (χ1v) is 6.79. The lowest BCUT2D eigenvalue weighted by atomic mass is 10.0. The number of rotatable bonds is 5. The number of methoxy groups -OCH3 is 1. The lowest BCUT2D eigenvalue weighted by molar-refractivity contribution is 0.110. The molecular formula is C16H17ClFNO. The average Bonchev–Trinajstić information content (AvgIpc) is 2.48. The van der Waals surface area contributed by atoms with Crippen molar-refractivity contribution in [2.75, 3.05) is 13.7 Å². The summed E-state index contributed by atoms with van der Waals surface area (Å²) in [6, 6.07) is 12.7. The molecule has 0 radical (unpaired) electrons. The minimum atomic E-state index is -0.405. The highest BCUT2D eigenvalue weighted by atomic mass is 35.5. The molecule has 0 aliphatic heterocycles. The van der Waals surface area contributed by atoms with Crippen molar-refractivity contribution in [3.63, 3.8) is 0 Å². The van der Waals surface area contributed by atoms with Crippen LogP contribution in [0, 0.1) is 5.82 Å². The lowest BCUT2D eigenvalue weighted by Crippen LogP contribution is -2.24. The van der Waals surface area contributed by atoms with E-state index in [-0.39, 0.29) is 11.1 Å². The minimum absolute atomic E-state index is 0.0288. The molecule has 0 heterocycles. The first-order valence-electron chi connectivity index (χ1n) is 6.41. The smallest absolute Gasteiger partial charge is 0.141 e. The summed E-state index contributed by atoms with van der Waals surface area (Å²) in [6.45, 7) is 0.492. The van der Waals surface area contributed by atoms with E-state index in [1.54, 1.807) is 19.2 Å². The molecule has 4 heteroatoms. The zero-order valence-corrected chi connectivity index (χ0v) is 12.0. The van der Waals surface area contributed by atoms with Gasteiger partial charge in [0.2, 0.25) is 0 Å². The molecule has 0 saturated carbocycles. The molecule has 2 aromatic rings. The van der Waals surface area contributed by atoms with E-state index in [4.69, 9.17) is 22.1 Å². The van der Waals surface area contributed by atoms with Crippen molar-refractivity contribution in [2.45, 2.75) is 12.5 Å². The van der Waals surface area contributed by atoms with Crippen LogP contribution in [0.3, 0.4) is 0 Å². The molecular weight excluding hydrogens is 277 g/mol. The quantitative estimate of drug-likeness (QED) is 0.913. The van der Waals surface area contributed by atoms with Gasteiger partial charge in [0.05, 0.1) is 11.1 Å². The van der Waals surface area contributed by atoms with Crippen LogP contribution in [-0.2, 0) is 11.2 Å². The van der Waals surface area contributed by atoms with Crippen molar-refractivity contribution in [1.82, 2.24) is 0 Å². The predicted octanol–water partition coefficient (Wildman–Crippen LogP) is 3.66. The van der Waals surface area contributed by atoms with Gasteiger partial charge in [-0.05, 0) is 35.2 Å². The molecule has 2 rings (SSSR count). The number of halogens is 2. The second kappa shape index (κ2) is 6.84. The molecule has 1 atom stereocenters. The second-order valence-corrected chi connectivity index (χ2v) is 5.03. The van der Waals surface area contributed by atoms with Crippen molar-refractivity contribution in [3.8, 4) is 11.1 Å². The van der Waals surface area contributed by atoms with E-state index >= 15 is 0 Å². The fourth-order valence-corrected chi connectivity index (χ4v) is 2.22. The van der Waals surface area contributed by atoms with Crippen LogP contribution in [-0.4, -0.2) is 19.8 Å². The maximum Gasteiger partial charge on any atom is 0.141 e. The third kappa shape index (κ3) is 3.57. The Morgan fingerprint density at radius 2 is 1.80 bits per heavy atom. The Bertz CT molecular complexity index is 567. The molecule has 0 amide bonds. The molecule has 0 fully saturated rings. The first kappa shape index (κ1) is 15.0. The van der Waals surface area contributed by atoms with E-state index in [1.165, 1.54) is 6.07 Å². The summed E-state index contributed by atoms with van der Waals surface area (Å²) in [5, 5.41) is 0.133. The molecule has 0 bridgehead atoms. The Balaban J connectivity index is 2.17. The Morgan fingerprint density at radius 3 is 2.35 bits per heavy atom. The number of ether oxygens (including phenoxy) is 1. The predicted molar refractivity (Wildman–Crippen MR) is 80.4 cm³/mol. The minimum Gasteiger partial charge on any atom is -0.380 e. The van der Waals surface area contributed by atoms with Crippen molar-refractivity contribution in [1.29, 1.82) is 0 Å². The normalized spacial score (nSPS) is 12.4. The van der Waals surface area contributed by atoms with Gasteiger partial charge in [0.25, 0.3) is 0 Å². The lowest BCUT2D eigenvalue weighted by Gasteiger charge is -2.13. The number of benzene rings is 2. The van der Waals surface area contributed by atoms with Crippen LogP contribution in [0.15, 0.2) is 42.5 Å². The molecule has 0 spiro atoms. The van der Waals surface area contributed by atoms with Crippen LogP contribution in [0.1, 0.15) is 5.56 Å². The maximum atomic E-state index is 13.1. The summed E-state index contributed by atoms with van der Waals surface area (Å²) in [6.07, 6.45) is 0.804. The summed E-state index contributed by atoms with van der Waals surface area (Å²) < 4.78 is 18.4. The van der Waals surface area contributed by atoms with E-state index in [1.807, 2.05) is 24.3 Å². The largest absolute Gasteiger partial charge is 0.380 e. The van der Waals surface area contributed by atoms with Crippen LogP contribution in [0.25, 0.3) is 11.1 Å². The fraction of sp³-hybridized carbons (Fsp3) is 0.250. The Labute approximate surface area is 123 Å². The van der Waals surface area contributed by atoms with Gasteiger partial charge in [-0.2, -0.15) is 0 Å². The highest BCUT2D eigenvalue weighted by Crippen LogP contribution is 2.25. The molecule has 0 saturated heterocycles. The third-order valence-electron chi connectivity index (χ3n) is 3.27. The van der Waals surface area contributed by atoms with Gasteiger partial charge in [0.15, 0.2) is 0 Å². The van der Waals surface area contributed by atoms with E-state index in [0.717, 1.165) is 23.1 Å². The van der Waals surface area contributed by atoms with Crippen molar-refractivity contribution in [2.24, 2.45) is 5.73 Å². The molecule has 0 aliphatic rings. The second-order valence-electron chi connectivity index (χ2n) is 4.62. The van der Waals surface area contributed by atoms with Gasteiger partial charge in [-0.3, -0.25) is 0 Å². The van der Waals surface area contributed by atoms with Gasteiger partial charge in [-0.25, -0.2) is 4.39 Å². The molecule has 2 nitrogen and oxygen atoms in total. The van der Waals surface area contributed by atoms with Gasteiger partial charge in [-0.1, -0.05) is 41.9 Å². The number of nitrogens with two attached hydrogens (primary N) is 1. The summed E-state index contributed by atoms with van der Waals surface area (Å²) in [7, 11) is 1.66. The van der Waals surface area contributed by atoms with Crippen molar-refractivity contribution < 1.29 is 9.13 Å². The van der Waals surface area contributed by atoms with Crippen LogP contribution in [0.5, 0.6) is 0 Å². The number of hydrogen-bond acceptors (Lipinski definition) is 2. The highest BCUT2D eigenvalue weighted by molar-refractivity contribution is 6.31. The third-order valence-corrected chi connectivity index (χ3v) is 3.56. The topological polar surface area (TPSA) is 35.2 Å². The summed E-state index contributed by atoms with van der Waals surface area (Å²) in [5.74, 6) is -0.405. The molecule has 106 valence electrons. The maximum absolute atomic E-state index is 13.1. The van der Waals surface area contributed by atoms with Crippen LogP contribution < -0.4 is 5.73 Å². The van der Waals surface area contributed by atoms with Gasteiger partial charge in [0, 0.05) is 13.7 Å². The molecule has 0 aromatic heterocycles. The van der Waals surface area contributed by atoms with Crippen molar-refractivity contribution in [3.05, 3.63) is 58.9 Å². The monoisotopic (exact) mass is 293 g/mol. The van der Waals surface area contributed by atoms with Crippen molar-refractivity contribution >= 4 is 11.6 Å². The summed E-state index contributed by atoms with van der Waals surface area (Å²) >= 11 is 5.80. The molecule has 1 unspecified atom stereocenters. The first-order chi connectivity index (χ1) is 9.63. The van der Waals surface area contributed by atoms with E-state index in [0.29, 0.717) is 6.54 Å². The van der Waals surface area contributed by atoms with Gasteiger partial charge in [0.1, 0.15) is 5.82 Å². The number of hydrogen-bond donors (Lipinski definition) is 1. The zero-order valence-electron chi connectivity index (χ0n) is 11.3. The van der Waals surface area contributed by atoms with Gasteiger partial charge >= 0.3 is 0 Å². The standard InChI is InChI=1S/C16H17ClFNO/c1-20-14(10-19)8-11-2-4-12(5-3-11)13-6-7-16(18)15(17)9-13/h2-7,9,14H,8,10,19H2,1H3. The van der Waals surface area contributed by atoms with E-state index in [9.17, 15) is 4.39 Å². The molecule has 0 aliphatic carbocycles. The van der Waals surface area contributed by atoms with Gasteiger partial charge < -0.3 is 10.5 Å². The van der Waals surface area contributed by atoms with Crippen LogP contribution in [0.2, 0.25) is 5.02 Å². The molecule has 20 heavy (non-hydrogen) atoms. The Morgan fingerprint density at radius 1 is 1.15 bits per heavy atom. The van der Waals surface area contributed by atoms with E-state index < -0.39 is 5.82 Å². The Kier molecular flexibility index (Phi) is 5.12. The zero-order chi connectivity index (χ0) is 14.5. The van der Waals surface area contributed by atoms with Gasteiger partial charge in [-0.15, -0.1) is 0 Å². The molecule has 2 aromatic carbocycles. The Hall–Kier alpha value is -1.42. The summed E-state index contributed by atoms with van der Waals surface area (Å²) in [5.41, 5.74) is 8.65. The van der Waals surface area contributed by atoms with E-state index in [2.05, 4.69) is 0 Å². The molecule has 2 N–H and O–H groups in total. The van der Waals surface area contributed by atoms with Crippen LogP contribution in [0.4, 0.5) is 4.39 Å². The summed E-state index contributed by atoms with van der Waals surface area (Å²) in [4.78, 5) is 0. The highest BCUT2D eigenvalue weighted by Gasteiger charge is 2.07. The average molecular weight is 294 g/mol. The fourth-order valence-electron chi connectivity index (χ4n) is 2.03. The SMILES string of the molecule is COC(CN)Cc1ccc(-c2ccc(F)c(Cl)c2)cc1. The van der Waals surface area contributed by atoms with Crippen LogP contribution >= 0.6 is 11.6 Å².